The van der Waals surface area contributed by atoms with E-state index >= 15 is 0 Å². The minimum absolute atomic E-state index is 0.0597. The number of phenols is 2. The van der Waals surface area contributed by atoms with Crippen molar-refractivity contribution in [3.63, 3.8) is 0 Å². The molecule has 0 atom stereocenters. The first kappa shape index (κ1) is 12.0. The average molecular weight is 224 g/mol. The van der Waals surface area contributed by atoms with Crippen molar-refractivity contribution in [3.8, 4) is 11.5 Å². The van der Waals surface area contributed by atoms with E-state index < -0.39 is 5.97 Å². The number of aromatic hydroxyl groups is 2. The normalized spacial score (nSPS) is 10.0. The Morgan fingerprint density at radius 1 is 1.06 bits per heavy atom. The quantitative estimate of drug-likeness (QED) is 0.520. The van der Waals surface area contributed by atoms with E-state index in [9.17, 15) is 9.59 Å². The number of carboxylic acids is 1. The van der Waals surface area contributed by atoms with Crippen molar-refractivity contribution >= 4 is 11.8 Å². The number of Topliss-reactive ketones (excluding diaryl/α,β-unsaturated/α-hetero) is 1. The molecule has 1 aromatic carbocycles. The zero-order valence-corrected chi connectivity index (χ0v) is 8.51. The summed E-state index contributed by atoms with van der Waals surface area (Å²) in [6.45, 7) is 0. The Morgan fingerprint density at radius 2 is 1.75 bits per heavy atom. The number of hydrogen-bond donors (Lipinski definition) is 3. The molecule has 0 spiro atoms. The summed E-state index contributed by atoms with van der Waals surface area (Å²) in [5, 5.41) is 26.6. The SMILES string of the molecule is O=C(O)CCCC(=O)c1ccc(O)c(O)c1. The topological polar surface area (TPSA) is 94.8 Å². The Labute approximate surface area is 92.0 Å². The molecule has 0 bridgehead atoms. The number of phenolic OH excluding ortho intramolecular Hbond substituents is 2. The van der Waals surface area contributed by atoms with E-state index in [-0.39, 0.29) is 42.1 Å². The van der Waals surface area contributed by atoms with Crippen molar-refractivity contribution in [1.29, 1.82) is 0 Å². The van der Waals surface area contributed by atoms with E-state index in [2.05, 4.69) is 0 Å². The molecule has 1 rings (SSSR count). The molecule has 1 aromatic rings. The van der Waals surface area contributed by atoms with Gasteiger partial charge in [-0.2, -0.15) is 0 Å². The zero-order chi connectivity index (χ0) is 12.1. The Bertz CT molecular complexity index is 411. The van der Waals surface area contributed by atoms with Gasteiger partial charge >= 0.3 is 5.97 Å². The van der Waals surface area contributed by atoms with E-state index in [1.165, 1.54) is 18.2 Å². The van der Waals surface area contributed by atoms with Crippen molar-refractivity contribution in [2.24, 2.45) is 0 Å². The van der Waals surface area contributed by atoms with Gasteiger partial charge in [0.05, 0.1) is 0 Å². The monoisotopic (exact) mass is 224 g/mol. The molecule has 0 unspecified atom stereocenters. The average Bonchev–Trinajstić information content (AvgIpc) is 2.21. The van der Waals surface area contributed by atoms with Gasteiger partial charge in [-0.05, 0) is 24.6 Å². The lowest BCUT2D eigenvalue weighted by Crippen LogP contribution is -2.01. The molecule has 5 nitrogen and oxygen atoms in total. The molecule has 0 heterocycles. The number of hydrogen-bond acceptors (Lipinski definition) is 4. The predicted octanol–water partition coefficient (Wildman–Crippen LogP) is 1.54. The zero-order valence-electron chi connectivity index (χ0n) is 8.51. The molecule has 86 valence electrons. The Hall–Kier alpha value is -2.04. The third-order valence-electron chi connectivity index (χ3n) is 2.09. The van der Waals surface area contributed by atoms with Gasteiger partial charge in [-0.15, -0.1) is 0 Å². The van der Waals surface area contributed by atoms with Gasteiger partial charge in [-0.3, -0.25) is 9.59 Å². The highest BCUT2D eigenvalue weighted by molar-refractivity contribution is 5.96. The summed E-state index contributed by atoms with van der Waals surface area (Å²) in [7, 11) is 0. The summed E-state index contributed by atoms with van der Waals surface area (Å²) in [4.78, 5) is 21.7. The van der Waals surface area contributed by atoms with Crippen molar-refractivity contribution in [2.75, 3.05) is 0 Å². The molecule has 0 saturated carbocycles. The maximum atomic E-state index is 11.5. The lowest BCUT2D eigenvalue weighted by molar-refractivity contribution is -0.137. The molecule has 3 N–H and O–H groups in total. The van der Waals surface area contributed by atoms with Crippen LogP contribution >= 0.6 is 0 Å². The van der Waals surface area contributed by atoms with E-state index in [1.807, 2.05) is 0 Å². The van der Waals surface area contributed by atoms with E-state index in [4.69, 9.17) is 15.3 Å². The fraction of sp³-hybridized carbons (Fsp3) is 0.273. The Kier molecular flexibility index (Phi) is 3.88. The minimum atomic E-state index is -0.943. The number of carboxylic acid groups (broad SMARTS) is 1. The van der Waals surface area contributed by atoms with Crippen LogP contribution in [0.15, 0.2) is 18.2 Å². The first-order valence-corrected chi connectivity index (χ1v) is 4.77. The van der Waals surface area contributed by atoms with E-state index in [0.717, 1.165) is 0 Å². The molecular weight excluding hydrogens is 212 g/mol. The molecule has 0 aromatic heterocycles. The smallest absolute Gasteiger partial charge is 0.303 e. The van der Waals surface area contributed by atoms with Crippen LogP contribution in [0, 0.1) is 0 Å². The predicted molar refractivity (Wildman–Crippen MR) is 55.6 cm³/mol. The summed E-state index contributed by atoms with van der Waals surface area (Å²) in [6.07, 6.45) is 0.308. The second kappa shape index (κ2) is 5.16. The van der Waals surface area contributed by atoms with Gasteiger partial charge in [-0.1, -0.05) is 0 Å². The first-order valence-electron chi connectivity index (χ1n) is 4.77. The van der Waals surface area contributed by atoms with Crippen LogP contribution in [0.2, 0.25) is 0 Å². The van der Waals surface area contributed by atoms with Crippen molar-refractivity contribution in [2.45, 2.75) is 19.3 Å². The molecule has 5 heteroatoms. The summed E-state index contributed by atoms with van der Waals surface area (Å²) in [6, 6.07) is 3.77. The number of carbonyl (C=O) groups excluding carboxylic acids is 1. The molecule has 0 amide bonds. The fourth-order valence-electron chi connectivity index (χ4n) is 1.24. The molecule has 0 saturated heterocycles. The van der Waals surface area contributed by atoms with Crippen LogP contribution in [0.25, 0.3) is 0 Å². The van der Waals surface area contributed by atoms with Gasteiger partial charge in [0.15, 0.2) is 17.3 Å². The van der Waals surface area contributed by atoms with Gasteiger partial charge in [0.25, 0.3) is 0 Å². The number of ketones is 1. The molecule has 16 heavy (non-hydrogen) atoms. The van der Waals surface area contributed by atoms with E-state index in [0.29, 0.717) is 0 Å². The second-order valence-corrected chi connectivity index (χ2v) is 3.37. The van der Waals surface area contributed by atoms with Crippen molar-refractivity contribution < 1.29 is 24.9 Å². The van der Waals surface area contributed by atoms with Crippen LogP contribution in [0.1, 0.15) is 29.6 Å². The van der Waals surface area contributed by atoms with Crippen LogP contribution in [-0.2, 0) is 4.79 Å². The van der Waals surface area contributed by atoms with Gasteiger partial charge in [0.2, 0.25) is 0 Å². The molecule has 0 aliphatic carbocycles. The van der Waals surface area contributed by atoms with Crippen LogP contribution in [-0.4, -0.2) is 27.1 Å². The van der Waals surface area contributed by atoms with E-state index in [1.54, 1.807) is 0 Å². The second-order valence-electron chi connectivity index (χ2n) is 3.37. The third kappa shape index (κ3) is 3.27. The molecule has 0 aliphatic heterocycles. The molecule has 0 radical (unpaired) electrons. The summed E-state index contributed by atoms with van der Waals surface area (Å²) < 4.78 is 0. The Balaban J connectivity index is 2.59. The number of benzene rings is 1. The van der Waals surface area contributed by atoms with Crippen molar-refractivity contribution in [3.05, 3.63) is 23.8 Å². The van der Waals surface area contributed by atoms with Crippen LogP contribution < -0.4 is 0 Å². The number of aliphatic carboxylic acids is 1. The lowest BCUT2D eigenvalue weighted by atomic mass is 10.1. The van der Waals surface area contributed by atoms with Crippen LogP contribution in [0.3, 0.4) is 0 Å². The first-order chi connectivity index (χ1) is 7.50. The van der Waals surface area contributed by atoms with Gasteiger partial charge in [-0.25, -0.2) is 0 Å². The van der Waals surface area contributed by atoms with Crippen LogP contribution in [0.5, 0.6) is 11.5 Å². The maximum absolute atomic E-state index is 11.5. The number of carbonyl (C=O) groups is 2. The standard InChI is InChI=1S/C11H12O5/c12-8(2-1-3-11(15)16)7-4-5-9(13)10(14)6-7/h4-6,13-14H,1-3H2,(H,15,16). The summed E-state index contributed by atoms with van der Waals surface area (Å²) in [5.41, 5.74) is 0.265. The van der Waals surface area contributed by atoms with Gasteiger partial charge < -0.3 is 15.3 Å². The maximum Gasteiger partial charge on any atom is 0.303 e. The van der Waals surface area contributed by atoms with Crippen molar-refractivity contribution in [1.82, 2.24) is 0 Å². The largest absolute Gasteiger partial charge is 0.504 e. The van der Waals surface area contributed by atoms with Crippen LogP contribution in [0.4, 0.5) is 0 Å². The Morgan fingerprint density at radius 3 is 2.31 bits per heavy atom. The van der Waals surface area contributed by atoms with Gasteiger partial charge in [0.1, 0.15) is 0 Å². The highest BCUT2D eigenvalue weighted by atomic mass is 16.4. The highest BCUT2D eigenvalue weighted by Gasteiger charge is 2.09. The molecule has 0 fully saturated rings. The summed E-state index contributed by atoms with van der Waals surface area (Å²) >= 11 is 0. The molecular formula is C11H12O5. The minimum Gasteiger partial charge on any atom is -0.504 e. The highest BCUT2D eigenvalue weighted by Crippen LogP contribution is 2.25. The fourth-order valence-corrected chi connectivity index (χ4v) is 1.24. The summed E-state index contributed by atoms with van der Waals surface area (Å²) in [5.74, 6) is -1.84. The third-order valence-corrected chi connectivity index (χ3v) is 2.09. The lowest BCUT2D eigenvalue weighted by Gasteiger charge is -2.02. The molecule has 0 aliphatic rings. The van der Waals surface area contributed by atoms with Gasteiger partial charge in [0, 0.05) is 18.4 Å². The number of rotatable bonds is 5.